The van der Waals surface area contributed by atoms with E-state index in [0.717, 1.165) is 41.5 Å². The molecule has 2 heteroatoms. The van der Waals surface area contributed by atoms with Crippen molar-refractivity contribution in [3.8, 4) is 11.5 Å². The van der Waals surface area contributed by atoms with Gasteiger partial charge in [0, 0.05) is 0 Å². The highest BCUT2D eigenvalue weighted by molar-refractivity contribution is 5.42. The average Bonchev–Trinajstić information content (AvgIpc) is 2.41. The average molecular weight is 284 g/mol. The molecule has 0 saturated heterocycles. The summed E-state index contributed by atoms with van der Waals surface area (Å²) >= 11 is 0. The molecule has 0 fully saturated rings. The molecule has 2 nitrogen and oxygen atoms in total. The predicted molar refractivity (Wildman–Crippen MR) is 87.2 cm³/mol. The molecule has 0 atom stereocenters. The summed E-state index contributed by atoms with van der Waals surface area (Å²) in [5.74, 6) is 0.752. The monoisotopic (exact) mass is 284 g/mol. The molecular weight excluding hydrogens is 260 g/mol. The van der Waals surface area contributed by atoms with Crippen molar-refractivity contribution in [3.05, 3.63) is 57.6 Å². The molecule has 0 radical (unpaired) electrons. The highest BCUT2D eigenvalue weighted by atomic mass is 16.3. The van der Waals surface area contributed by atoms with Crippen LogP contribution >= 0.6 is 0 Å². The molecule has 2 aromatic rings. The van der Waals surface area contributed by atoms with Crippen molar-refractivity contribution in [1.82, 2.24) is 0 Å². The summed E-state index contributed by atoms with van der Waals surface area (Å²) in [6, 6.07) is 7.86. The summed E-state index contributed by atoms with van der Waals surface area (Å²) in [4.78, 5) is 0. The second kappa shape index (κ2) is 6.21. The summed E-state index contributed by atoms with van der Waals surface area (Å²) in [6.07, 6.45) is 3.08. The van der Waals surface area contributed by atoms with E-state index in [4.69, 9.17) is 0 Å². The zero-order valence-corrected chi connectivity index (χ0v) is 13.3. The number of phenolic OH excluding ortho intramolecular Hbond substituents is 2. The van der Waals surface area contributed by atoms with Gasteiger partial charge in [0.2, 0.25) is 0 Å². The van der Waals surface area contributed by atoms with Gasteiger partial charge in [0.05, 0.1) is 0 Å². The van der Waals surface area contributed by atoms with Gasteiger partial charge in [-0.05, 0) is 92.5 Å². The Balaban J connectivity index is 2.05. The Kier molecular flexibility index (Phi) is 4.56. The van der Waals surface area contributed by atoms with Crippen LogP contribution in [0.1, 0.15) is 39.8 Å². The maximum absolute atomic E-state index is 9.70. The van der Waals surface area contributed by atoms with Crippen molar-refractivity contribution in [2.45, 2.75) is 47.0 Å². The van der Waals surface area contributed by atoms with E-state index < -0.39 is 0 Å². The van der Waals surface area contributed by atoms with E-state index >= 15 is 0 Å². The van der Waals surface area contributed by atoms with Crippen molar-refractivity contribution in [1.29, 1.82) is 0 Å². The smallest absolute Gasteiger partial charge is 0.118 e. The van der Waals surface area contributed by atoms with Crippen LogP contribution in [0.4, 0.5) is 0 Å². The fourth-order valence-corrected chi connectivity index (χ4v) is 2.73. The number of rotatable bonds is 4. The molecule has 2 rings (SSSR count). The molecule has 112 valence electrons. The Bertz CT molecular complexity index is 600. The van der Waals surface area contributed by atoms with E-state index in [9.17, 15) is 10.2 Å². The van der Waals surface area contributed by atoms with Gasteiger partial charge in [-0.25, -0.2) is 0 Å². The van der Waals surface area contributed by atoms with Gasteiger partial charge in [-0.1, -0.05) is 12.1 Å². The highest BCUT2D eigenvalue weighted by Crippen LogP contribution is 2.25. The topological polar surface area (TPSA) is 40.5 Å². The van der Waals surface area contributed by atoms with Gasteiger partial charge in [-0.3, -0.25) is 0 Å². The largest absolute Gasteiger partial charge is 0.508 e. The van der Waals surface area contributed by atoms with Gasteiger partial charge in [-0.2, -0.15) is 0 Å². The van der Waals surface area contributed by atoms with E-state index in [1.165, 1.54) is 11.1 Å². The first-order chi connectivity index (χ1) is 9.88. The molecule has 2 N–H and O–H groups in total. The van der Waals surface area contributed by atoms with Gasteiger partial charge in [0.1, 0.15) is 11.5 Å². The molecule has 0 heterocycles. The van der Waals surface area contributed by atoms with Gasteiger partial charge < -0.3 is 10.2 Å². The van der Waals surface area contributed by atoms with Crippen molar-refractivity contribution in [2.75, 3.05) is 0 Å². The van der Waals surface area contributed by atoms with E-state index in [0.29, 0.717) is 11.5 Å². The number of phenols is 2. The van der Waals surface area contributed by atoms with Crippen LogP contribution in [0.3, 0.4) is 0 Å². The highest BCUT2D eigenvalue weighted by Gasteiger charge is 2.06. The SMILES string of the molecule is Cc1cc(CCCc2cc(C)c(O)cc2C)c(C)cc1O. The van der Waals surface area contributed by atoms with Crippen LogP contribution in [0, 0.1) is 27.7 Å². The van der Waals surface area contributed by atoms with E-state index in [2.05, 4.69) is 12.1 Å². The number of aryl methyl sites for hydroxylation is 6. The Labute approximate surface area is 127 Å². The normalized spacial score (nSPS) is 10.9. The summed E-state index contributed by atoms with van der Waals surface area (Å²) in [5.41, 5.74) is 6.78. The second-order valence-electron chi connectivity index (χ2n) is 5.98. The van der Waals surface area contributed by atoms with Crippen molar-refractivity contribution in [2.24, 2.45) is 0 Å². The summed E-state index contributed by atoms with van der Waals surface area (Å²) < 4.78 is 0. The Morgan fingerprint density at radius 1 is 0.619 bits per heavy atom. The van der Waals surface area contributed by atoms with E-state index in [1.54, 1.807) is 0 Å². The molecule has 0 aliphatic heterocycles. The standard InChI is InChI=1S/C19H24O2/c1-12-10-18(20)14(3)8-16(12)6-5-7-17-9-15(4)19(21)11-13(17)2/h8-11,20-21H,5-7H2,1-4H3. The maximum Gasteiger partial charge on any atom is 0.118 e. The zero-order valence-electron chi connectivity index (χ0n) is 13.3. The minimum atomic E-state index is 0.376. The maximum atomic E-state index is 9.70. The van der Waals surface area contributed by atoms with Gasteiger partial charge >= 0.3 is 0 Å². The van der Waals surface area contributed by atoms with Crippen LogP contribution in [0.25, 0.3) is 0 Å². The predicted octanol–water partition coefficient (Wildman–Crippen LogP) is 4.51. The van der Waals surface area contributed by atoms with Crippen molar-refractivity contribution < 1.29 is 10.2 Å². The molecule has 0 bridgehead atoms. The molecule has 0 aliphatic carbocycles. The third-order valence-corrected chi connectivity index (χ3v) is 4.20. The second-order valence-corrected chi connectivity index (χ2v) is 5.98. The van der Waals surface area contributed by atoms with E-state index in [-0.39, 0.29) is 0 Å². The lowest BCUT2D eigenvalue weighted by Gasteiger charge is -2.11. The molecule has 0 amide bonds. The molecular formula is C19H24O2. The van der Waals surface area contributed by atoms with Crippen LogP contribution in [0.2, 0.25) is 0 Å². The number of aromatic hydroxyl groups is 2. The third kappa shape index (κ3) is 3.57. The molecule has 0 aromatic heterocycles. The molecule has 2 aromatic carbocycles. The number of hydrogen-bond donors (Lipinski definition) is 2. The van der Waals surface area contributed by atoms with Crippen LogP contribution < -0.4 is 0 Å². The molecule has 0 unspecified atom stereocenters. The number of hydrogen-bond acceptors (Lipinski definition) is 2. The van der Waals surface area contributed by atoms with Crippen LogP contribution in [-0.2, 0) is 12.8 Å². The first-order valence-corrected chi connectivity index (χ1v) is 7.46. The van der Waals surface area contributed by atoms with Crippen LogP contribution in [0.15, 0.2) is 24.3 Å². The third-order valence-electron chi connectivity index (χ3n) is 4.20. The summed E-state index contributed by atoms with van der Waals surface area (Å²) in [6.45, 7) is 7.96. The quantitative estimate of drug-likeness (QED) is 0.867. The Morgan fingerprint density at radius 2 is 1.00 bits per heavy atom. The van der Waals surface area contributed by atoms with Crippen molar-refractivity contribution in [3.63, 3.8) is 0 Å². The Morgan fingerprint density at radius 3 is 1.38 bits per heavy atom. The van der Waals surface area contributed by atoms with Crippen LogP contribution in [0.5, 0.6) is 11.5 Å². The summed E-state index contributed by atoms with van der Waals surface area (Å²) in [7, 11) is 0. The fraction of sp³-hybridized carbons (Fsp3) is 0.368. The lowest BCUT2D eigenvalue weighted by atomic mass is 9.96. The van der Waals surface area contributed by atoms with Crippen LogP contribution in [-0.4, -0.2) is 10.2 Å². The molecule has 0 spiro atoms. The first kappa shape index (κ1) is 15.4. The first-order valence-electron chi connectivity index (χ1n) is 7.46. The van der Waals surface area contributed by atoms with Gasteiger partial charge in [-0.15, -0.1) is 0 Å². The Hall–Kier alpha value is -1.96. The lowest BCUT2D eigenvalue weighted by Crippen LogP contribution is -1.96. The fourth-order valence-electron chi connectivity index (χ4n) is 2.73. The van der Waals surface area contributed by atoms with E-state index in [1.807, 2.05) is 39.8 Å². The molecule has 0 aliphatic rings. The zero-order chi connectivity index (χ0) is 15.6. The van der Waals surface area contributed by atoms with Crippen molar-refractivity contribution >= 4 is 0 Å². The van der Waals surface area contributed by atoms with Gasteiger partial charge in [0.15, 0.2) is 0 Å². The molecule has 21 heavy (non-hydrogen) atoms. The number of benzene rings is 2. The minimum Gasteiger partial charge on any atom is -0.508 e. The minimum absolute atomic E-state index is 0.376. The van der Waals surface area contributed by atoms with Gasteiger partial charge in [0.25, 0.3) is 0 Å². The lowest BCUT2D eigenvalue weighted by molar-refractivity contribution is 0.470. The summed E-state index contributed by atoms with van der Waals surface area (Å²) in [5, 5.41) is 19.4. The molecule has 0 saturated carbocycles.